The van der Waals surface area contributed by atoms with E-state index in [0.29, 0.717) is 23.0 Å². The Hall–Kier alpha value is -3.20. The molecule has 0 saturated heterocycles. The number of Topliss-reactive ketones (excluding diaryl/α,β-unsaturated/α-hetero) is 1. The number of nitrogen functional groups attached to an aromatic ring is 1. The molecule has 0 radical (unpaired) electrons. The van der Waals surface area contributed by atoms with Crippen LogP contribution in [-0.2, 0) is 16.0 Å². The normalized spacial score (nSPS) is 11.8. The molecule has 0 unspecified atom stereocenters. The van der Waals surface area contributed by atoms with Gasteiger partial charge in [-0.25, -0.2) is 9.07 Å². The molecule has 9 heteroatoms. The maximum atomic E-state index is 13.1. The summed E-state index contributed by atoms with van der Waals surface area (Å²) in [6, 6.07) is 14.6. The van der Waals surface area contributed by atoms with Gasteiger partial charge in [0.05, 0.1) is 11.8 Å². The van der Waals surface area contributed by atoms with Crippen molar-refractivity contribution >= 4 is 23.5 Å². The Bertz CT molecular complexity index is 992. The van der Waals surface area contributed by atoms with E-state index in [4.69, 9.17) is 5.84 Å². The summed E-state index contributed by atoms with van der Waals surface area (Å²) in [6.07, 6.45) is 0.425. The van der Waals surface area contributed by atoms with Crippen molar-refractivity contribution in [3.8, 4) is 11.4 Å². The van der Waals surface area contributed by atoms with E-state index in [9.17, 15) is 14.0 Å². The van der Waals surface area contributed by atoms with Gasteiger partial charge >= 0.3 is 0 Å². The molecule has 1 amide bonds. The van der Waals surface area contributed by atoms with E-state index in [1.807, 2.05) is 30.3 Å². The zero-order valence-electron chi connectivity index (χ0n) is 15.7. The number of thioether (sulfide) groups is 1. The number of ketones is 1. The van der Waals surface area contributed by atoms with Crippen molar-refractivity contribution in [1.29, 1.82) is 0 Å². The SMILES string of the molecule is CC(=O)[C@@H](Cc1ccccc1)NC(=O)CSc1nnc(-c2ccc(F)cc2)n1N. The molecule has 0 aliphatic carbocycles. The number of rotatable bonds is 8. The Morgan fingerprint density at radius 2 is 1.83 bits per heavy atom. The highest BCUT2D eigenvalue weighted by Gasteiger charge is 2.19. The van der Waals surface area contributed by atoms with Gasteiger partial charge in [-0.2, -0.15) is 0 Å². The molecule has 1 atom stereocenters. The second kappa shape index (κ2) is 9.33. The van der Waals surface area contributed by atoms with Crippen molar-refractivity contribution < 1.29 is 14.0 Å². The van der Waals surface area contributed by atoms with E-state index in [0.717, 1.165) is 17.3 Å². The van der Waals surface area contributed by atoms with Gasteiger partial charge in [0.2, 0.25) is 11.1 Å². The second-order valence-electron chi connectivity index (χ2n) is 6.39. The number of carbonyl (C=O) groups is 2. The number of nitrogens with zero attached hydrogens (tertiary/aromatic N) is 3. The predicted octanol–water partition coefficient (Wildman–Crippen LogP) is 2.21. The van der Waals surface area contributed by atoms with Crippen molar-refractivity contribution in [3.05, 3.63) is 66.0 Å². The Labute approximate surface area is 171 Å². The molecule has 0 aliphatic heterocycles. The second-order valence-corrected chi connectivity index (χ2v) is 7.33. The summed E-state index contributed by atoms with van der Waals surface area (Å²) < 4.78 is 14.3. The third-order valence-electron chi connectivity index (χ3n) is 4.21. The first kappa shape index (κ1) is 20.5. The fraction of sp³-hybridized carbons (Fsp3) is 0.200. The quantitative estimate of drug-likeness (QED) is 0.434. The van der Waals surface area contributed by atoms with Crippen molar-refractivity contribution in [2.45, 2.75) is 24.5 Å². The number of aromatic nitrogens is 3. The van der Waals surface area contributed by atoms with E-state index in [1.54, 1.807) is 12.1 Å². The summed E-state index contributed by atoms with van der Waals surface area (Å²) in [5.74, 6) is 5.60. The summed E-state index contributed by atoms with van der Waals surface area (Å²) in [7, 11) is 0. The van der Waals surface area contributed by atoms with Crippen molar-refractivity contribution in [2.75, 3.05) is 11.6 Å². The first-order valence-electron chi connectivity index (χ1n) is 8.87. The zero-order valence-corrected chi connectivity index (χ0v) is 16.5. The number of benzene rings is 2. The van der Waals surface area contributed by atoms with Gasteiger partial charge in [-0.1, -0.05) is 42.1 Å². The Morgan fingerprint density at radius 1 is 1.14 bits per heavy atom. The summed E-state index contributed by atoms with van der Waals surface area (Å²) >= 11 is 1.10. The summed E-state index contributed by atoms with van der Waals surface area (Å²) in [6.45, 7) is 1.45. The third kappa shape index (κ3) is 5.41. The van der Waals surface area contributed by atoms with E-state index in [2.05, 4.69) is 15.5 Å². The minimum atomic E-state index is -0.601. The van der Waals surface area contributed by atoms with Crippen LogP contribution in [0, 0.1) is 5.82 Å². The van der Waals surface area contributed by atoms with Crippen LogP contribution in [0.4, 0.5) is 4.39 Å². The summed E-state index contributed by atoms with van der Waals surface area (Å²) in [4.78, 5) is 24.2. The Balaban J connectivity index is 1.60. The van der Waals surface area contributed by atoms with Crippen LogP contribution in [0.3, 0.4) is 0 Å². The van der Waals surface area contributed by atoms with Gasteiger partial charge < -0.3 is 11.2 Å². The van der Waals surface area contributed by atoms with Crippen LogP contribution >= 0.6 is 11.8 Å². The molecular weight excluding hydrogens is 393 g/mol. The monoisotopic (exact) mass is 413 g/mol. The molecular formula is C20H20FN5O2S. The highest BCUT2D eigenvalue weighted by molar-refractivity contribution is 7.99. The lowest BCUT2D eigenvalue weighted by Crippen LogP contribution is -2.42. The number of halogens is 1. The first-order valence-corrected chi connectivity index (χ1v) is 9.85. The fourth-order valence-corrected chi connectivity index (χ4v) is 3.35. The lowest BCUT2D eigenvalue weighted by atomic mass is 10.0. The van der Waals surface area contributed by atoms with Crippen LogP contribution in [0.15, 0.2) is 59.8 Å². The van der Waals surface area contributed by atoms with Crippen LogP contribution in [-0.4, -0.2) is 38.4 Å². The zero-order chi connectivity index (χ0) is 20.8. The van der Waals surface area contributed by atoms with Gasteiger partial charge in [0.1, 0.15) is 5.82 Å². The number of nitrogens with one attached hydrogen (secondary N) is 1. The highest BCUT2D eigenvalue weighted by Crippen LogP contribution is 2.21. The number of amides is 1. The molecule has 0 fully saturated rings. The van der Waals surface area contributed by atoms with Crippen molar-refractivity contribution in [1.82, 2.24) is 20.2 Å². The summed E-state index contributed by atoms with van der Waals surface area (Å²) in [5.41, 5.74) is 1.57. The number of hydrogen-bond donors (Lipinski definition) is 2. The van der Waals surface area contributed by atoms with Gasteiger partial charge in [0.25, 0.3) is 0 Å². The van der Waals surface area contributed by atoms with Gasteiger partial charge in [-0.05, 0) is 43.2 Å². The molecule has 3 rings (SSSR count). The highest BCUT2D eigenvalue weighted by atomic mass is 32.2. The molecule has 3 aromatic rings. The maximum Gasteiger partial charge on any atom is 0.231 e. The van der Waals surface area contributed by atoms with Crippen LogP contribution in [0.25, 0.3) is 11.4 Å². The lowest BCUT2D eigenvalue weighted by Gasteiger charge is -2.16. The molecule has 7 nitrogen and oxygen atoms in total. The van der Waals surface area contributed by atoms with Crippen LogP contribution in [0.5, 0.6) is 0 Å². The van der Waals surface area contributed by atoms with Gasteiger partial charge in [0, 0.05) is 5.56 Å². The largest absolute Gasteiger partial charge is 0.345 e. The number of hydrogen-bond acceptors (Lipinski definition) is 6. The Morgan fingerprint density at radius 3 is 2.48 bits per heavy atom. The van der Waals surface area contributed by atoms with Crippen LogP contribution in [0.1, 0.15) is 12.5 Å². The standard InChI is InChI=1S/C20H20FN5O2S/c1-13(27)17(11-14-5-3-2-4-6-14)23-18(28)12-29-20-25-24-19(26(20)22)15-7-9-16(21)10-8-15/h2-10,17H,11-12,22H2,1H3,(H,23,28)/t17-/m1/s1. The van der Waals surface area contributed by atoms with Gasteiger partial charge in [0.15, 0.2) is 11.6 Å². The molecule has 0 saturated carbocycles. The third-order valence-corrected chi connectivity index (χ3v) is 5.15. The Kier molecular flexibility index (Phi) is 6.61. The predicted molar refractivity (Wildman–Crippen MR) is 109 cm³/mol. The molecule has 0 aliphatic rings. The van der Waals surface area contributed by atoms with Gasteiger partial charge in [-0.3, -0.25) is 9.59 Å². The van der Waals surface area contributed by atoms with Crippen molar-refractivity contribution in [2.24, 2.45) is 0 Å². The van der Waals surface area contributed by atoms with Crippen LogP contribution < -0.4 is 11.2 Å². The molecule has 2 aromatic carbocycles. The van der Waals surface area contributed by atoms with Crippen molar-refractivity contribution in [3.63, 3.8) is 0 Å². The van der Waals surface area contributed by atoms with E-state index >= 15 is 0 Å². The molecule has 1 aromatic heterocycles. The van der Waals surface area contributed by atoms with E-state index < -0.39 is 6.04 Å². The van der Waals surface area contributed by atoms with Gasteiger partial charge in [-0.15, -0.1) is 10.2 Å². The average molecular weight is 413 g/mol. The fourth-order valence-electron chi connectivity index (χ4n) is 2.68. The topological polar surface area (TPSA) is 103 Å². The molecule has 1 heterocycles. The minimum absolute atomic E-state index is 0.0251. The number of nitrogens with two attached hydrogens (primary N) is 1. The van der Waals surface area contributed by atoms with E-state index in [1.165, 1.54) is 23.7 Å². The minimum Gasteiger partial charge on any atom is -0.345 e. The summed E-state index contributed by atoms with van der Waals surface area (Å²) in [5, 5.41) is 11.1. The first-order chi connectivity index (χ1) is 13.9. The number of carbonyl (C=O) groups excluding carboxylic acids is 2. The maximum absolute atomic E-state index is 13.1. The molecule has 150 valence electrons. The molecule has 29 heavy (non-hydrogen) atoms. The van der Waals surface area contributed by atoms with Crippen LogP contribution in [0.2, 0.25) is 0 Å². The molecule has 3 N–H and O–H groups in total. The van der Waals surface area contributed by atoms with E-state index in [-0.39, 0.29) is 23.3 Å². The lowest BCUT2D eigenvalue weighted by molar-refractivity contribution is -0.125. The molecule has 0 bridgehead atoms. The smallest absolute Gasteiger partial charge is 0.231 e. The average Bonchev–Trinajstić information content (AvgIpc) is 3.07. The molecule has 0 spiro atoms.